The van der Waals surface area contributed by atoms with E-state index in [4.69, 9.17) is 13.6 Å². The monoisotopic (exact) mass is 544 g/mol. The van der Waals surface area contributed by atoms with Gasteiger partial charge in [0, 0.05) is 6.42 Å². The van der Waals surface area contributed by atoms with Gasteiger partial charge in [-0.05, 0) is 51.6 Å². The van der Waals surface area contributed by atoms with Crippen LogP contribution in [0.25, 0.3) is 0 Å². The van der Waals surface area contributed by atoms with Gasteiger partial charge >= 0.3 is 5.97 Å². The van der Waals surface area contributed by atoms with E-state index in [-0.39, 0.29) is 12.1 Å². The molecule has 0 aromatic heterocycles. The van der Waals surface area contributed by atoms with E-state index in [0.717, 1.165) is 18.8 Å². The maximum absolute atomic E-state index is 12.2. The third-order valence-electron chi connectivity index (χ3n) is 6.53. The first-order valence-electron chi connectivity index (χ1n) is 15.4. The van der Waals surface area contributed by atoms with E-state index in [1.165, 1.54) is 89.9 Å². The quantitative estimate of drug-likeness (QED) is 0.0651. The molecule has 0 saturated carbocycles. The second kappa shape index (κ2) is 21.7. The lowest BCUT2D eigenvalue weighted by Crippen LogP contribution is -2.40. The van der Waals surface area contributed by atoms with E-state index in [9.17, 15) is 4.79 Å². The molecule has 0 aliphatic rings. The van der Waals surface area contributed by atoms with Crippen molar-refractivity contribution in [2.75, 3.05) is 13.2 Å². The molecule has 0 aliphatic heterocycles. The summed E-state index contributed by atoms with van der Waals surface area (Å²) in [6.45, 7) is 18.6. The number of ether oxygens (including phenoxy) is 1. The molecule has 0 aromatic carbocycles. The average molecular weight is 545 g/mol. The van der Waals surface area contributed by atoms with E-state index in [2.05, 4.69) is 53.1 Å². The van der Waals surface area contributed by atoms with E-state index < -0.39 is 16.6 Å². The topological polar surface area (TPSA) is 44.8 Å². The van der Waals surface area contributed by atoms with Gasteiger partial charge in [-0.1, -0.05) is 110 Å². The van der Waals surface area contributed by atoms with Gasteiger partial charge in [-0.2, -0.15) is 0 Å². The van der Waals surface area contributed by atoms with Gasteiger partial charge in [0.25, 0.3) is 0 Å². The highest BCUT2D eigenvalue weighted by Crippen LogP contribution is 2.18. The summed E-state index contributed by atoms with van der Waals surface area (Å²) < 4.78 is 17.7. The number of carbonyl (C=O) groups excluding carboxylic acids is 1. The lowest BCUT2D eigenvalue weighted by molar-refractivity contribution is -0.146. The molecule has 2 atom stereocenters. The highest BCUT2D eigenvalue weighted by molar-refractivity contribution is 6.70. The Kier molecular flexibility index (Phi) is 21.6. The summed E-state index contributed by atoms with van der Waals surface area (Å²) in [7, 11) is -3.33. The molecule has 36 heavy (non-hydrogen) atoms. The third-order valence-corrected chi connectivity index (χ3v) is 8.60. The molecule has 2 unspecified atom stereocenters. The molecule has 216 valence electrons. The smallest absolute Gasteiger partial charge is 0.305 e. The second-order valence-corrected chi connectivity index (χ2v) is 22.0. The summed E-state index contributed by atoms with van der Waals surface area (Å²) >= 11 is 0. The lowest BCUT2D eigenvalue weighted by atomic mass is 9.96. The first-order valence-corrected chi connectivity index (χ1v) is 22.2. The molecule has 0 aliphatic carbocycles. The normalized spacial score (nSPS) is 14.1. The van der Waals surface area contributed by atoms with Crippen LogP contribution in [0.2, 0.25) is 39.3 Å². The largest absolute Gasteiger partial charge is 0.463 e. The van der Waals surface area contributed by atoms with Crippen LogP contribution in [0.15, 0.2) is 0 Å². The molecule has 4 nitrogen and oxygen atoms in total. The predicted molar refractivity (Wildman–Crippen MR) is 162 cm³/mol. The van der Waals surface area contributed by atoms with Crippen molar-refractivity contribution in [1.29, 1.82) is 0 Å². The molecule has 0 bridgehead atoms. The summed E-state index contributed by atoms with van der Waals surface area (Å²) in [6.07, 6.45) is 21.7. The van der Waals surface area contributed by atoms with Crippen molar-refractivity contribution in [3.05, 3.63) is 0 Å². The fraction of sp³-hybridized carbons (Fsp3) is 0.967. The van der Waals surface area contributed by atoms with Crippen LogP contribution in [-0.2, 0) is 18.4 Å². The minimum absolute atomic E-state index is 0.0949. The fourth-order valence-electron chi connectivity index (χ4n) is 4.46. The predicted octanol–water partition coefficient (Wildman–Crippen LogP) is 9.89. The first kappa shape index (κ1) is 35.8. The van der Waals surface area contributed by atoms with Crippen molar-refractivity contribution in [3.63, 3.8) is 0 Å². The second-order valence-electron chi connectivity index (χ2n) is 13.0. The standard InChI is InChI=1S/C30H64O4Si2/c1-9-10-11-20-23-28(2)24-21-18-16-14-12-13-15-17-19-22-25-30(31)32-26-29(34-36(6,7)8)27-33-35(3,4)5/h28-29H,9-27H2,1-8H3. The molecule has 0 saturated heterocycles. The van der Waals surface area contributed by atoms with Crippen molar-refractivity contribution in [3.8, 4) is 0 Å². The Bertz CT molecular complexity index is 514. The summed E-state index contributed by atoms with van der Waals surface area (Å²) in [5.74, 6) is 0.825. The Morgan fingerprint density at radius 1 is 0.639 bits per heavy atom. The van der Waals surface area contributed by atoms with Gasteiger partial charge in [-0.3, -0.25) is 4.79 Å². The molecule has 0 radical (unpaired) electrons. The Labute approximate surface area is 228 Å². The number of hydrogen-bond acceptors (Lipinski definition) is 4. The van der Waals surface area contributed by atoms with Gasteiger partial charge < -0.3 is 13.6 Å². The van der Waals surface area contributed by atoms with E-state index in [0.29, 0.717) is 19.6 Å². The highest BCUT2D eigenvalue weighted by atomic mass is 28.4. The zero-order valence-corrected chi connectivity index (χ0v) is 27.7. The zero-order chi connectivity index (χ0) is 27.3. The van der Waals surface area contributed by atoms with Gasteiger partial charge in [0.1, 0.15) is 12.7 Å². The molecule has 0 amide bonds. The molecule has 0 aromatic rings. The summed E-state index contributed by atoms with van der Waals surface area (Å²) in [4.78, 5) is 12.2. The molecule has 0 fully saturated rings. The van der Waals surface area contributed by atoms with Gasteiger partial charge in [0.05, 0.1) is 6.61 Å². The van der Waals surface area contributed by atoms with Gasteiger partial charge in [-0.15, -0.1) is 0 Å². The van der Waals surface area contributed by atoms with Gasteiger partial charge in [0.2, 0.25) is 0 Å². The third kappa shape index (κ3) is 26.9. The van der Waals surface area contributed by atoms with Crippen LogP contribution in [0.3, 0.4) is 0 Å². The molecular weight excluding hydrogens is 480 g/mol. The van der Waals surface area contributed by atoms with Crippen molar-refractivity contribution in [1.82, 2.24) is 0 Å². The Hall–Kier alpha value is -0.176. The van der Waals surface area contributed by atoms with Crippen LogP contribution in [0.4, 0.5) is 0 Å². The molecule has 0 heterocycles. The number of unbranched alkanes of at least 4 members (excludes halogenated alkanes) is 12. The van der Waals surface area contributed by atoms with Gasteiger partial charge in [0.15, 0.2) is 16.6 Å². The maximum Gasteiger partial charge on any atom is 0.305 e. The van der Waals surface area contributed by atoms with Gasteiger partial charge in [-0.25, -0.2) is 0 Å². The minimum Gasteiger partial charge on any atom is -0.463 e. The highest BCUT2D eigenvalue weighted by Gasteiger charge is 2.25. The number of esters is 1. The number of carbonyl (C=O) groups is 1. The van der Waals surface area contributed by atoms with Crippen LogP contribution < -0.4 is 0 Å². The average Bonchev–Trinajstić information content (AvgIpc) is 2.78. The molecule has 0 rings (SSSR count). The van der Waals surface area contributed by atoms with Crippen LogP contribution in [0, 0.1) is 5.92 Å². The van der Waals surface area contributed by atoms with E-state index in [1.807, 2.05) is 0 Å². The molecular formula is C30H64O4Si2. The first-order chi connectivity index (χ1) is 16.9. The van der Waals surface area contributed by atoms with E-state index >= 15 is 0 Å². The fourth-order valence-corrected chi connectivity index (χ4v) is 6.28. The van der Waals surface area contributed by atoms with Crippen molar-refractivity contribution in [2.24, 2.45) is 5.92 Å². The lowest BCUT2D eigenvalue weighted by Gasteiger charge is -2.28. The van der Waals surface area contributed by atoms with E-state index in [1.54, 1.807) is 0 Å². The summed E-state index contributed by atoms with van der Waals surface area (Å²) in [5.41, 5.74) is 0. The Balaban J connectivity index is 3.66. The number of rotatable bonds is 25. The van der Waals surface area contributed by atoms with Crippen molar-refractivity contribution >= 4 is 22.6 Å². The van der Waals surface area contributed by atoms with Crippen LogP contribution in [0.5, 0.6) is 0 Å². The molecule has 6 heteroatoms. The van der Waals surface area contributed by atoms with Crippen molar-refractivity contribution < 1.29 is 18.4 Å². The van der Waals surface area contributed by atoms with Crippen LogP contribution in [0.1, 0.15) is 123 Å². The van der Waals surface area contributed by atoms with Crippen LogP contribution >= 0.6 is 0 Å². The SMILES string of the molecule is CCCCCCC(C)CCCCCCCCCCCCC(=O)OCC(CO[Si](C)(C)C)O[Si](C)(C)C. The minimum atomic E-state index is -1.71. The zero-order valence-electron chi connectivity index (χ0n) is 25.7. The van der Waals surface area contributed by atoms with Crippen molar-refractivity contribution in [2.45, 2.75) is 168 Å². The van der Waals surface area contributed by atoms with Crippen LogP contribution in [-0.4, -0.2) is 41.9 Å². The molecule has 0 spiro atoms. The molecule has 0 N–H and O–H groups in total. The summed E-state index contributed by atoms with van der Waals surface area (Å²) in [5, 5.41) is 0. The Morgan fingerprint density at radius 2 is 1.11 bits per heavy atom. The Morgan fingerprint density at radius 3 is 1.58 bits per heavy atom. The maximum atomic E-state index is 12.2. The summed E-state index contributed by atoms with van der Waals surface area (Å²) in [6, 6.07) is 0. The number of hydrogen-bond donors (Lipinski definition) is 0.